The van der Waals surface area contributed by atoms with Crippen LogP contribution in [-0.4, -0.2) is 54.3 Å². The molecule has 6 nitrogen and oxygen atoms in total. The van der Waals surface area contributed by atoms with Crippen LogP contribution >= 0.6 is 0 Å². The highest BCUT2D eigenvalue weighted by molar-refractivity contribution is 7.86. The Bertz CT molecular complexity index is 455. The van der Waals surface area contributed by atoms with Gasteiger partial charge in [0.05, 0.1) is 12.5 Å². The SMILES string of the molecule is C#CCN(CCC)S(=O)(=O)N1CCCC(C(=O)O)C1. The summed E-state index contributed by atoms with van der Waals surface area (Å²) in [6, 6.07) is 0. The molecule has 0 aromatic carbocycles. The monoisotopic (exact) mass is 288 g/mol. The molecular weight excluding hydrogens is 268 g/mol. The molecular formula is C12H20N2O4S. The lowest BCUT2D eigenvalue weighted by atomic mass is 10.0. The molecule has 1 heterocycles. The molecule has 0 bridgehead atoms. The van der Waals surface area contributed by atoms with E-state index in [2.05, 4.69) is 5.92 Å². The molecule has 0 saturated carbocycles. The fourth-order valence-electron chi connectivity index (χ4n) is 2.14. The van der Waals surface area contributed by atoms with Crippen LogP contribution in [0.3, 0.4) is 0 Å². The standard InChI is InChI=1S/C12H20N2O4S/c1-3-7-13(8-4-2)19(17,18)14-9-5-6-11(10-14)12(15)16/h1,11H,4-10H2,2H3,(H,15,16). The van der Waals surface area contributed by atoms with Gasteiger partial charge in [0.25, 0.3) is 10.2 Å². The van der Waals surface area contributed by atoms with Crippen molar-refractivity contribution in [3.63, 3.8) is 0 Å². The van der Waals surface area contributed by atoms with Crippen LogP contribution in [0.4, 0.5) is 0 Å². The van der Waals surface area contributed by atoms with Crippen LogP contribution in [-0.2, 0) is 15.0 Å². The first-order chi connectivity index (χ1) is 8.93. The smallest absolute Gasteiger partial charge is 0.307 e. The molecule has 1 rings (SSSR count). The van der Waals surface area contributed by atoms with Gasteiger partial charge >= 0.3 is 5.97 Å². The topological polar surface area (TPSA) is 77.9 Å². The summed E-state index contributed by atoms with van der Waals surface area (Å²) in [5, 5.41) is 9.00. The minimum absolute atomic E-state index is 0.0183. The lowest BCUT2D eigenvalue weighted by Gasteiger charge is -2.33. The summed E-state index contributed by atoms with van der Waals surface area (Å²) in [5.41, 5.74) is 0. The highest BCUT2D eigenvalue weighted by Crippen LogP contribution is 2.21. The Morgan fingerprint density at radius 2 is 2.26 bits per heavy atom. The average molecular weight is 288 g/mol. The Balaban J connectivity index is 2.85. The van der Waals surface area contributed by atoms with Crippen molar-refractivity contribution >= 4 is 16.2 Å². The molecule has 1 aliphatic heterocycles. The van der Waals surface area contributed by atoms with Crippen molar-refractivity contribution in [3.05, 3.63) is 0 Å². The summed E-state index contributed by atoms with van der Waals surface area (Å²) in [6.07, 6.45) is 6.94. The van der Waals surface area contributed by atoms with Gasteiger partial charge in [-0.1, -0.05) is 12.8 Å². The van der Waals surface area contributed by atoms with E-state index < -0.39 is 22.1 Å². The molecule has 0 radical (unpaired) electrons. The van der Waals surface area contributed by atoms with Crippen LogP contribution in [0.5, 0.6) is 0 Å². The molecule has 0 aliphatic carbocycles. The molecule has 1 saturated heterocycles. The summed E-state index contributed by atoms with van der Waals surface area (Å²) < 4.78 is 27.3. The number of hydrogen-bond donors (Lipinski definition) is 1. The normalized spacial score (nSPS) is 21.2. The van der Waals surface area contributed by atoms with Crippen molar-refractivity contribution in [2.45, 2.75) is 26.2 Å². The summed E-state index contributed by atoms with van der Waals surface area (Å²) in [7, 11) is -3.65. The first kappa shape index (κ1) is 16.0. The fraction of sp³-hybridized carbons (Fsp3) is 0.750. The predicted molar refractivity (Wildman–Crippen MR) is 71.5 cm³/mol. The number of rotatable bonds is 6. The molecule has 7 heteroatoms. The highest BCUT2D eigenvalue weighted by atomic mass is 32.2. The summed E-state index contributed by atoms with van der Waals surface area (Å²) >= 11 is 0. The van der Waals surface area contributed by atoms with Gasteiger partial charge < -0.3 is 5.11 Å². The van der Waals surface area contributed by atoms with E-state index in [1.165, 1.54) is 8.61 Å². The molecule has 1 unspecified atom stereocenters. The van der Waals surface area contributed by atoms with Crippen molar-refractivity contribution in [1.29, 1.82) is 0 Å². The lowest BCUT2D eigenvalue weighted by molar-refractivity contribution is -0.142. The summed E-state index contributed by atoms with van der Waals surface area (Å²) in [5.74, 6) is 0.763. The maximum absolute atomic E-state index is 12.4. The first-order valence-corrected chi connectivity index (χ1v) is 7.74. The number of carboxylic acids is 1. The van der Waals surface area contributed by atoms with Crippen LogP contribution in [0, 0.1) is 18.3 Å². The summed E-state index contributed by atoms with van der Waals surface area (Å²) in [4.78, 5) is 11.0. The number of carboxylic acid groups (broad SMARTS) is 1. The van der Waals surface area contributed by atoms with E-state index in [4.69, 9.17) is 11.5 Å². The van der Waals surface area contributed by atoms with Crippen LogP contribution in [0.25, 0.3) is 0 Å². The van der Waals surface area contributed by atoms with Gasteiger partial charge in [0.15, 0.2) is 0 Å². The quantitative estimate of drug-likeness (QED) is 0.716. The van der Waals surface area contributed by atoms with Gasteiger partial charge in [-0.15, -0.1) is 6.42 Å². The third-order valence-corrected chi connectivity index (χ3v) is 5.08. The highest BCUT2D eigenvalue weighted by Gasteiger charge is 2.35. The minimum Gasteiger partial charge on any atom is -0.481 e. The van der Waals surface area contributed by atoms with Crippen LogP contribution < -0.4 is 0 Å². The van der Waals surface area contributed by atoms with Gasteiger partial charge in [-0.25, -0.2) is 0 Å². The molecule has 0 spiro atoms. The number of hydrogen-bond acceptors (Lipinski definition) is 3. The number of piperidine rings is 1. The maximum atomic E-state index is 12.4. The first-order valence-electron chi connectivity index (χ1n) is 6.35. The van der Waals surface area contributed by atoms with E-state index in [0.29, 0.717) is 32.4 Å². The zero-order chi connectivity index (χ0) is 14.5. The number of nitrogens with zero attached hydrogens (tertiary/aromatic N) is 2. The van der Waals surface area contributed by atoms with Crippen molar-refractivity contribution in [3.8, 4) is 12.3 Å². The second kappa shape index (κ2) is 6.89. The second-order valence-corrected chi connectivity index (χ2v) is 6.51. The van der Waals surface area contributed by atoms with E-state index >= 15 is 0 Å². The minimum atomic E-state index is -3.65. The Morgan fingerprint density at radius 1 is 1.58 bits per heavy atom. The van der Waals surface area contributed by atoms with Crippen molar-refractivity contribution < 1.29 is 18.3 Å². The Hall–Kier alpha value is -1.10. The third kappa shape index (κ3) is 3.93. The zero-order valence-electron chi connectivity index (χ0n) is 11.1. The average Bonchev–Trinajstić information content (AvgIpc) is 2.38. The van der Waals surface area contributed by atoms with E-state index in [9.17, 15) is 13.2 Å². The van der Waals surface area contributed by atoms with Gasteiger partial charge in [-0.3, -0.25) is 4.79 Å². The van der Waals surface area contributed by atoms with Gasteiger partial charge in [-0.2, -0.15) is 17.0 Å². The van der Waals surface area contributed by atoms with Gasteiger partial charge in [-0.05, 0) is 19.3 Å². The Morgan fingerprint density at radius 3 is 2.79 bits per heavy atom. The molecule has 0 amide bonds. The summed E-state index contributed by atoms with van der Waals surface area (Å²) in [6.45, 7) is 2.62. The van der Waals surface area contributed by atoms with Crippen molar-refractivity contribution in [1.82, 2.24) is 8.61 Å². The molecule has 108 valence electrons. The van der Waals surface area contributed by atoms with E-state index in [-0.39, 0.29) is 13.1 Å². The third-order valence-electron chi connectivity index (χ3n) is 3.13. The van der Waals surface area contributed by atoms with E-state index in [1.54, 1.807) is 0 Å². The maximum Gasteiger partial charge on any atom is 0.307 e. The van der Waals surface area contributed by atoms with Gasteiger partial charge in [0, 0.05) is 19.6 Å². The number of aliphatic carboxylic acids is 1. The molecule has 1 aliphatic rings. The predicted octanol–water partition coefficient (Wildman–Crippen LogP) is 0.373. The van der Waals surface area contributed by atoms with Gasteiger partial charge in [0.2, 0.25) is 0 Å². The van der Waals surface area contributed by atoms with Crippen LogP contribution in [0.15, 0.2) is 0 Å². The molecule has 1 atom stereocenters. The lowest BCUT2D eigenvalue weighted by Crippen LogP contribution is -2.49. The molecule has 1 fully saturated rings. The van der Waals surface area contributed by atoms with E-state index in [1.807, 2.05) is 6.92 Å². The molecule has 0 aromatic rings. The largest absolute Gasteiger partial charge is 0.481 e. The molecule has 0 aromatic heterocycles. The van der Waals surface area contributed by atoms with Crippen LogP contribution in [0.2, 0.25) is 0 Å². The molecule has 1 N–H and O–H groups in total. The fourth-order valence-corrected chi connectivity index (χ4v) is 3.85. The van der Waals surface area contributed by atoms with Crippen LogP contribution in [0.1, 0.15) is 26.2 Å². The zero-order valence-corrected chi connectivity index (χ0v) is 11.9. The second-order valence-electron chi connectivity index (χ2n) is 4.58. The Kier molecular flexibility index (Phi) is 5.79. The van der Waals surface area contributed by atoms with Gasteiger partial charge in [0.1, 0.15) is 0 Å². The van der Waals surface area contributed by atoms with Crippen molar-refractivity contribution in [2.75, 3.05) is 26.2 Å². The van der Waals surface area contributed by atoms with Crippen molar-refractivity contribution in [2.24, 2.45) is 5.92 Å². The van der Waals surface area contributed by atoms with E-state index in [0.717, 1.165) is 0 Å². The molecule has 19 heavy (non-hydrogen) atoms. The number of carbonyl (C=O) groups is 1. The Labute approximate surface area is 114 Å². The number of terminal acetylenes is 1.